The topological polar surface area (TPSA) is 49.6 Å². The molecule has 0 radical (unpaired) electrons. The van der Waals surface area contributed by atoms with E-state index >= 15 is 0 Å². The molecule has 5 nitrogen and oxygen atoms in total. The average molecular weight is 331 g/mol. The first-order valence-corrected chi connectivity index (χ1v) is 9.20. The average Bonchev–Trinajstić information content (AvgIpc) is 3.24. The Hall–Kier alpha value is -1.66. The van der Waals surface area contributed by atoms with E-state index in [2.05, 4.69) is 27.6 Å². The summed E-state index contributed by atoms with van der Waals surface area (Å²) in [5.74, 6) is 0.976. The first-order valence-electron chi connectivity index (χ1n) is 8.33. The van der Waals surface area contributed by atoms with Crippen LogP contribution in [0.5, 0.6) is 0 Å². The summed E-state index contributed by atoms with van der Waals surface area (Å²) >= 11 is 1.79. The van der Waals surface area contributed by atoms with Crippen molar-refractivity contribution in [2.45, 2.75) is 32.2 Å². The van der Waals surface area contributed by atoms with Gasteiger partial charge in [-0.3, -0.25) is 9.69 Å². The van der Waals surface area contributed by atoms with Gasteiger partial charge in [-0.15, -0.1) is 11.3 Å². The summed E-state index contributed by atoms with van der Waals surface area (Å²) in [5.41, 5.74) is 1.62. The van der Waals surface area contributed by atoms with Gasteiger partial charge in [0.2, 0.25) is 0 Å². The lowest BCUT2D eigenvalue weighted by molar-refractivity contribution is 0.0618. The predicted molar refractivity (Wildman–Crippen MR) is 88.6 cm³/mol. The number of aryl methyl sites for hydroxylation is 1. The van der Waals surface area contributed by atoms with Crippen LogP contribution in [0.2, 0.25) is 0 Å². The number of fused-ring (bicyclic) bond motifs is 1. The van der Waals surface area contributed by atoms with Gasteiger partial charge in [0.15, 0.2) is 5.69 Å². The summed E-state index contributed by atoms with van der Waals surface area (Å²) in [4.78, 5) is 18.5. The molecule has 0 unspecified atom stereocenters. The normalized spacial score (nSPS) is 18.9. The summed E-state index contributed by atoms with van der Waals surface area (Å²) in [6.45, 7) is 4.37. The molecule has 1 saturated heterocycles. The molecule has 2 aliphatic rings. The van der Waals surface area contributed by atoms with Gasteiger partial charge in [0.05, 0.1) is 0 Å². The Kier molecular flexibility index (Phi) is 4.18. The molecule has 1 aliphatic carbocycles. The van der Waals surface area contributed by atoms with Crippen LogP contribution in [0.1, 0.15) is 39.5 Å². The highest BCUT2D eigenvalue weighted by atomic mass is 32.1. The molecule has 0 bridgehead atoms. The Balaban J connectivity index is 1.38. The second-order valence-corrected chi connectivity index (χ2v) is 7.32. The van der Waals surface area contributed by atoms with Crippen LogP contribution in [0.4, 0.5) is 0 Å². The van der Waals surface area contributed by atoms with Crippen molar-refractivity contribution in [1.82, 2.24) is 15.0 Å². The molecular formula is C17H21N3O2S. The minimum absolute atomic E-state index is 0.0488. The Morgan fingerprint density at radius 3 is 2.83 bits per heavy atom. The number of rotatable bonds is 3. The second kappa shape index (κ2) is 6.45. The van der Waals surface area contributed by atoms with Gasteiger partial charge in [0.25, 0.3) is 5.91 Å². The molecule has 0 aromatic carbocycles. The largest absolute Gasteiger partial charge is 0.360 e. The molecule has 122 valence electrons. The van der Waals surface area contributed by atoms with E-state index in [1.54, 1.807) is 11.3 Å². The SMILES string of the molecule is O=C(c1noc2c1CCCC2)N1CCN(Cc2cccs2)CC1. The molecule has 6 heteroatoms. The lowest BCUT2D eigenvalue weighted by Crippen LogP contribution is -2.48. The molecular weight excluding hydrogens is 310 g/mol. The van der Waals surface area contributed by atoms with Crippen LogP contribution in [-0.4, -0.2) is 47.0 Å². The summed E-state index contributed by atoms with van der Waals surface area (Å²) in [6.07, 6.45) is 4.11. The standard InChI is InChI=1S/C17H21N3O2S/c21-17(16-14-5-1-2-6-15(14)22-18-16)20-9-7-19(8-10-20)12-13-4-3-11-23-13/h3-4,11H,1-2,5-10,12H2. The van der Waals surface area contributed by atoms with Gasteiger partial charge < -0.3 is 9.42 Å². The van der Waals surface area contributed by atoms with E-state index in [1.807, 2.05) is 4.90 Å². The van der Waals surface area contributed by atoms with E-state index in [9.17, 15) is 4.79 Å². The van der Waals surface area contributed by atoms with Crippen molar-refractivity contribution in [2.24, 2.45) is 0 Å². The van der Waals surface area contributed by atoms with E-state index in [0.717, 1.165) is 69.7 Å². The molecule has 2 aromatic heterocycles. The summed E-state index contributed by atoms with van der Waals surface area (Å²) in [6, 6.07) is 4.26. The summed E-state index contributed by atoms with van der Waals surface area (Å²) < 4.78 is 5.38. The van der Waals surface area contributed by atoms with Crippen LogP contribution >= 0.6 is 11.3 Å². The fourth-order valence-corrected chi connectivity index (χ4v) is 4.18. The highest BCUT2D eigenvalue weighted by Gasteiger charge is 2.29. The van der Waals surface area contributed by atoms with Crippen molar-refractivity contribution in [1.29, 1.82) is 0 Å². The number of carbonyl (C=O) groups is 1. The maximum atomic E-state index is 12.7. The Morgan fingerprint density at radius 2 is 2.04 bits per heavy atom. The van der Waals surface area contributed by atoms with E-state index in [4.69, 9.17) is 4.52 Å². The van der Waals surface area contributed by atoms with Crippen molar-refractivity contribution >= 4 is 17.2 Å². The monoisotopic (exact) mass is 331 g/mol. The van der Waals surface area contributed by atoms with Crippen molar-refractivity contribution in [3.63, 3.8) is 0 Å². The zero-order valence-corrected chi connectivity index (χ0v) is 14.0. The fourth-order valence-electron chi connectivity index (χ4n) is 3.43. The number of amides is 1. The Morgan fingerprint density at radius 1 is 1.22 bits per heavy atom. The molecule has 0 saturated carbocycles. The molecule has 1 fully saturated rings. The molecule has 0 atom stereocenters. The van der Waals surface area contributed by atoms with Gasteiger partial charge in [0, 0.05) is 49.6 Å². The maximum Gasteiger partial charge on any atom is 0.276 e. The minimum atomic E-state index is 0.0488. The lowest BCUT2D eigenvalue weighted by Gasteiger charge is -2.34. The number of carbonyl (C=O) groups excluding carboxylic acids is 1. The van der Waals surface area contributed by atoms with Crippen molar-refractivity contribution in [2.75, 3.05) is 26.2 Å². The Labute approximate surface area is 139 Å². The molecule has 3 heterocycles. The number of thiophene rings is 1. The predicted octanol–water partition coefficient (Wildman–Crippen LogP) is 2.57. The quantitative estimate of drug-likeness (QED) is 0.867. The van der Waals surface area contributed by atoms with Crippen molar-refractivity contribution in [3.8, 4) is 0 Å². The Bertz CT molecular complexity index is 672. The lowest BCUT2D eigenvalue weighted by atomic mass is 9.96. The van der Waals surface area contributed by atoms with E-state index in [1.165, 1.54) is 4.88 Å². The third-order valence-electron chi connectivity index (χ3n) is 4.77. The number of hydrogen-bond acceptors (Lipinski definition) is 5. The van der Waals surface area contributed by atoms with E-state index < -0.39 is 0 Å². The number of nitrogens with zero attached hydrogens (tertiary/aromatic N) is 3. The van der Waals surface area contributed by atoms with Crippen LogP contribution in [-0.2, 0) is 19.4 Å². The molecule has 0 spiro atoms. The highest BCUT2D eigenvalue weighted by Crippen LogP contribution is 2.25. The molecule has 1 aliphatic heterocycles. The van der Waals surface area contributed by atoms with E-state index in [-0.39, 0.29) is 5.91 Å². The van der Waals surface area contributed by atoms with Crippen molar-refractivity contribution < 1.29 is 9.32 Å². The number of hydrogen-bond donors (Lipinski definition) is 0. The van der Waals surface area contributed by atoms with E-state index in [0.29, 0.717) is 5.69 Å². The zero-order valence-electron chi connectivity index (χ0n) is 13.2. The smallest absolute Gasteiger partial charge is 0.276 e. The van der Waals surface area contributed by atoms with Gasteiger partial charge in [-0.05, 0) is 30.7 Å². The first-order chi connectivity index (χ1) is 11.3. The van der Waals surface area contributed by atoms with Crippen LogP contribution in [0.15, 0.2) is 22.0 Å². The zero-order chi connectivity index (χ0) is 15.6. The maximum absolute atomic E-state index is 12.7. The molecule has 4 rings (SSSR count). The number of aromatic nitrogens is 1. The second-order valence-electron chi connectivity index (χ2n) is 6.29. The molecule has 23 heavy (non-hydrogen) atoms. The molecule has 2 aromatic rings. The van der Waals surface area contributed by atoms with Gasteiger partial charge in [-0.25, -0.2) is 0 Å². The highest BCUT2D eigenvalue weighted by molar-refractivity contribution is 7.09. The van der Waals surface area contributed by atoms with Gasteiger partial charge in [-0.1, -0.05) is 11.2 Å². The van der Waals surface area contributed by atoms with Gasteiger partial charge in [0.1, 0.15) is 5.76 Å². The van der Waals surface area contributed by atoms with Crippen LogP contribution < -0.4 is 0 Å². The van der Waals surface area contributed by atoms with Gasteiger partial charge in [-0.2, -0.15) is 0 Å². The molecule has 0 N–H and O–H groups in total. The summed E-state index contributed by atoms with van der Waals surface area (Å²) in [5, 5.41) is 6.19. The minimum Gasteiger partial charge on any atom is -0.360 e. The van der Waals surface area contributed by atoms with Crippen molar-refractivity contribution in [3.05, 3.63) is 39.4 Å². The number of piperazine rings is 1. The first kappa shape index (κ1) is 14.9. The van der Waals surface area contributed by atoms with Crippen LogP contribution in [0.25, 0.3) is 0 Å². The van der Waals surface area contributed by atoms with Gasteiger partial charge >= 0.3 is 0 Å². The third-order valence-corrected chi connectivity index (χ3v) is 5.63. The molecule has 1 amide bonds. The summed E-state index contributed by atoms with van der Waals surface area (Å²) in [7, 11) is 0. The van der Waals surface area contributed by atoms with Crippen LogP contribution in [0, 0.1) is 0 Å². The van der Waals surface area contributed by atoms with Crippen LogP contribution in [0.3, 0.4) is 0 Å². The fraction of sp³-hybridized carbons (Fsp3) is 0.529. The third kappa shape index (κ3) is 3.05.